The average Bonchev–Trinajstić information content (AvgIpc) is 2.18. The van der Waals surface area contributed by atoms with E-state index < -0.39 is 6.09 Å². The third kappa shape index (κ3) is 1.49. The van der Waals surface area contributed by atoms with Gasteiger partial charge in [0.15, 0.2) is 5.76 Å². The van der Waals surface area contributed by atoms with E-state index >= 15 is 0 Å². The second kappa shape index (κ2) is 2.61. The molecule has 0 bridgehead atoms. The van der Waals surface area contributed by atoms with Crippen LogP contribution in [0.25, 0.3) is 0 Å². The lowest BCUT2D eigenvalue weighted by Crippen LogP contribution is -2.08. The minimum Gasteiger partial charge on any atom is -0.465 e. The first-order valence-electron chi connectivity index (χ1n) is 3.04. The van der Waals surface area contributed by atoms with Crippen molar-refractivity contribution in [3.8, 4) is 0 Å². The molecule has 0 saturated carbocycles. The van der Waals surface area contributed by atoms with Gasteiger partial charge in [-0.1, -0.05) is 5.16 Å². The van der Waals surface area contributed by atoms with Crippen molar-refractivity contribution in [2.24, 2.45) is 0 Å². The molecule has 60 valence electrons. The molecule has 1 rings (SSSR count). The number of carboxylic acid groups (broad SMARTS) is 1. The molecule has 5 heteroatoms. The van der Waals surface area contributed by atoms with Gasteiger partial charge in [-0.15, -0.1) is 0 Å². The van der Waals surface area contributed by atoms with Crippen LogP contribution in [-0.2, 0) is 0 Å². The van der Waals surface area contributed by atoms with Crippen molar-refractivity contribution in [1.29, 1.82) is 0 Å². The van der Waals surface area contributed by atoms with Gasteiger partial charge in [0.05, 0.1) is 0 Å². The lowest BCUT2D eigenvalue weighted by molar-refractivity contribution is 0.209. The van der Waals surface area contributed by atoms with Crippen LogP contribution < -0.4 is 5.32 Å². The standard InChI is InChI=1S/C6H8N2O3/c1-3-5(7-6(9)10)4(2)11-8-3/h7H,1-2H3,(H,9,10). The molecular formula is C6H8N2O3. The van der Waals surface area contributed by atoms with Crippen LogP contribution in [-0.4, -0.2) is 16.4 Å². The Morgan fingerprint density at radius 2 is 2.27 bits per heavy atom. The normalized spacial score (nSPS) is 9.64. The Balaban J connectivity index is 2.92. The third-order valence-corrected chi connectivity index (χ3v) is 1.27. The van der Waals surface area contributed by atoms with Crippen LogP contribution >= 0.6 is 0 Å². The molecule has 2 N–H and O–H groups in total. The van der Waals surface area contributed by atoms with Crippen molar-refractivity contribution in [3.05, 3.63) is 11.5 Å². The van der Waals surface area contributed by atoms with E-state index in [4.69, 9.17) is 9.63 Å². The van der Waals surface area contributed by atoms with Gasteiger partial charge in [0, 0.05) is 0 Å². The van der Waals surface area contributed by atoms with E-state index in [1.165, 1.54) is 0 Å². The Morgan fingerprint density at radius 1 is 1.64 bits per heavy atom. The molecule has 0 aromatic carbocycles. The van der Waals surface area contributed by atoms with Crippen LogP contribution in [0.4, 0.5) is 10.5 Å². The Kier molecular flexibility index (Phi) is 1.80. The van der Waals surface area contributed by atoms with Gasteiger partial charge in [0.1, 0.15) is 11.4 Å². The summed E-state index contributed by atoms with van der Waals surface area (Å²) in [5.74, 6) is 0.477. The van der Waals surface area contributed by atoms with Crippen molar-refractivity contribution in [2.45, 2.75) is 13.8 Å². The largest absolute Gasteiger partial charge is 0.465 e. The van der Waals surface area contributed by atoms with E-state index in [2.05, 4.69) is 10.5 Å². The van der Waals surface area contributed by atoms with Crippen molar-refractivity contribution in [2.75, 3.05) is 5.32 Å². The van der Waals surface area contributed by atoms with Gasteiger partial charge < -0.3 is 9.63 Å². The van der Waals surface area contributed by atoms with Crippen molar-refractivity contribution in [1.82, 2.24) is 5.16 Å². The van der Waals surface area contributed by atoms with E-state index in [0.29, 0.717) is 17.1 Å². The lowest BCUT2D eigenvalue weighted by Gasteiger charge is -1.95. The summed E-state index contributed by atoms with van der Waals surface area (Å²) in [4.78, 5) is 10.2. The number of rotatable bonds is 1. The minimum atomic E-state index is -1.11. The maximum absolute atomic E-state index is 10.2. The number of hydrogen-bond donors (Lipinski definition) is 2. The van der Waals surface area contributed by atoms with E-state index in [-0.39, 0.29) is 0 Å². The molecular weight excluding hydrogens is 148 g/mol. The molecule has 1 aromatic heterocycles. The number of nitrogens with zero attached hydrogens (tertiary/aromatic N) is 1. The number of nitrogens with one attached hydrogen (secondary N) is 1. The maximum Gasteiger partial charge on any atom is 0.409 e. The van der Waals surface area contributed by atoms with Gasteiger partial charge in [-0.05, 0) is 13.8 Å². The number of anilines is 1. The number of aryl methyl sites for hydroxylation is 2. The van der Waals surface area contributed by atoms with Crippen LogP contribution in [0.15, 0.2) is 4.52 Å². The van der Waals surface area contributed by atoms with Crippen LogP contribution in [0.1, 0.15) is 11.5 Å². The first-order chi connectivity index (χ1) is 5.11. The van der Waals surface area contributed by atoms with Gasteiger partial charge in [0.25, 0.3) is 0 Å². The maximum atomic E-state index is 10.2. The van der Waals surface area contributed by atoms with E-state index in [1.54, 1.807) is 13.8 Å². The second-order valence-corrected chi connectivity index (χ2v) is 2.13. The fourth-order valence-electron chi connectivity index (χ4n) is 0.768. The SMILES string of the molecule is Cc1noc(C)c1NC(=O)O. The Hall–Kier alpha value is -1.52. The molecule has 0 saturated heterocycles. The molecule has 0 atom stereocenters. The first kappa shape index (κ1) is 7.59. The van der Waals surface area contributed by atoms with Gasteiger partial charge in [-0.3, -0.25) is 5.32 Å². The third-order valence-electron chi connectivity index (χ3n) is 1.27. The van der Waals surface area contributed by atoms with Gasteiger partial charge in [0.2, 0.25) is 0 Å². The second-order valence-electron chi connectivity index (χ2n) is 2.13. The zero-order chi connectivity index (χ0) is 8.43. The molecule has 11 heavy (non-hydrogen) atoms. The summed E-state index contributed by atoms with van der Waals surface area (Å²) >= 11 is 0. The fraction of sp³-hybridized carbons (Fsp3) is 0.333. The molecule has 1 amide bonds. The average molecular weight is 156 g/mol. The number of carbonyl (C=O) groups is 1. The Labute approximate surface area is 63.0 Å². The zero-order valence-electron chi connectivity index (χ0n) is 6.21. The molecule has 1 aromatic rings. The molecule has 5 nitrogen and oxygen atoms in total. The van der Waals surface area contributed by atoms with Crippen molar-refractivity contribution in [3.63, 3.8) is 0 Å². The van der Waals surface area contributed by atoms with E-state index in [1.807, 2.05) is 0 Å². The summed E-state index contributed by atoms with van der Waals surface area (Å²) in [6, 6.07) is 0. The molecule has 0 aliphatic heterocycles. The molecule has 0 radical (unpaired) electrons. The van der Waals surface area contributed by atoms with Crippen molar-refractivity contribution < 1.29 is 14.4 Å². The van der Waals surface area contributed by atoms with Crippen molar-refractivity contribution >= 4 is 11.8 Å². The van der Waals surface area contributed by atoms with Crippen LogP contribution in [0.2, 0.25) is 0 Å². The van der Waals surface area contributed by atoms with Gasteiger partial charge in [-0.2, -0.15) is 0 Å². The molecule has 1 heterocycles. The summed E-state index contributed by atoms with van der Waals surface area (Å²) < 4.78 is 4.72. The molecule has 0 unspecified atom stereocenters. The summed E-state index contributed by atoms with van der Waals surface area (Å²) in [5.41, 5.74) is 0.974. The quantitative estimate of drug-likeness (QED) is 0.644. The lowest BCUT2D eigenvalue weighted by atomic mass is 10.3. The predicted molar refractivity (Wildman–Crippen MR) is 37.6 cm³/mol. The summed E-state index contributed by atoms with van der Waals surface area (Å²) in [7, 11) is 0. The Morgan fingerprint density at radius 3 is 2.64 bits per heavy atom. The highest BCUT2D eigenvalue weighted by molar-refractivity contribution is 5.84. The van der Waals surface area contributed by atoms with E-state index in [9.17, 15) is 4.79 Å². The highest BCUT2D eigenvalue weighted by Crippen LogP contribution is 2.17. The monoisotopic (exact) mass is 156 g/mol. The van der Waals surface area contributed by atoms with Crippen LogP contribution in [0.5, 0.6) is 0 Å². The zero-order valence-corrected chi connectivity index (χ0v) is 6.21. The summed E-state index contributed by atoms with van der Waals surface area (Å²) in [5, 5.41) is 14.1. The predicted octanol–water partition coefficient (Wildman–Crippen LogP) is 1.38. The minimum absolute atomic E-state index is 0.428. The fourth-order valence-corrected chi connectivity index (χ4v) is 0.768. The number of aromatic nitrogens is 1. The first-order valence-corrected chi connectivity index (χ1v) is 3.04. The topological polar surface area (TPSA) is 75.4 Å². The number of amides is 1. The van der Waals surface area contributed by atoms with Gasteiger partial charge >= 0.3 is 6.09 Å². The molecule has 0 aliphatic carbocycles. The number of hydrogen-bond acceptors (Lipinski definition) is 3. The van der Waals surface area contributed by atoms with Crippen LogP contribution in [0.3, 0.4) is 0 Å². The molecule has 0 spiro atoms. The van der Waals surface area contributed by atoms with Crippen LogP contribution in [0, 0.1) is 13.8 Å². The summed E-state index contributed by atoms with van der Waals surface area (Å²) in [6.07, 6.45) is -1.11. The molecule has 0 fully saturated rings. The summed E-state index contributed by atoms with van der Waals surface area (Å²) in [6.45, 7) is 3.31. The highest BCUT2D eigenvalue weighted by Gasteiger charge is 2.10. The molecule has 0 aliphatic rings. The highest BCUT2D eigenvalue weighted by atomic mass is 16.5. The van der Waals surface area contributed by atoms with Gasteiger partial charge in [-0.25, -0.2) is 4.79 Å². The van der Waals surface area contributed by atoms with E-state index in [0.717, 1.165) is 0 Å². The smallest absolute Gasteiger partial charge is 0.409 e. The Bertz CT molecular complexity index is 260.